The average molecular weight is 519 g/mol. The van der Waals surface area contributed by atoms with Gasteiger partial charge in [-0.05, 0) is 68.5 Å². The van der Waals surface area contributed by atoms with Gasteiger partial charge in [0.2, 0.25) is 5.78 Å². The molecule has 9 heteroatoms. The second kappa shape index (κ2) is 9.11. The number of aromatic hydroxyl groups is 1. The molecule has 198 valence electrons. The minimum absolute atomic E-state index is 0.0690. The third-order valence-electron chi connectivity index (χ3n) is 8.23. The molecule has 6 N–H and O–H groups in total. The number of fused-ring (bicyclic) bond motifs is 3. The quantitative estimate of drug-likeness (QED) is 0.374. The number of phenols is 1. The number of nitrogens with zero attached hydrogens (tertiary/aromatic N) is 1. The Morgan fingerprint density at radius 1 is 1.05 bits per heavy atom. The summed E-state index contributed by atoms with van der Waals surface area (Å²) in [5.74, 6) is -6.48. The predicted molar refractivity (Wildman–Crippen MR) is 138 cm³/mol. The second-order valence-corrected chi connectivity index (χ2v) is 10.5. The highest BCUT2D eigenvalue weighted by Crippen LogP contribution is 2.53. The smallest absolute Gasteiger partial charge is 0.255 e. The molecule has 0 heterocycles. The minimum atomic E-state index is -2.63. The first-order valence-corrected chi connectivity index (χ1v) is 12.5. The van der Waals surface area contributed by atoms with E-state index in [9.17, 15) is 34.8 Å². The number of aliphatic hydroxyl groups is 3. The highest BCUT2D eigenvalue weighted by Gasteiger charge is 2.64. The number of carbonyl (C=O) groups is 3. The SMILES string of the molecule is CN(C)[C@H]1C(=O)C(C(N)=O)=C(O)[C@@]2(O)C(=O)C3=C(O)c4c(O)ccc(CCc5ccccc5)c4C[C@H]3C[C@H]12. The molecule has 1 fully saturated rings. The van der Waals surface area contributed by atoms with Gasteiger partial charge >= 0.3 is 0 Å². The number of rotatable bonds is 5. The summed E-state index contributed by atoms with van der Waals surface area (Å²) in [5, 5.41) is 44.6. The molecule has 3 aliphatic carbocycles. The van der Waals surface area contributed by atoms with E-state index in [0.717, 1.165) is 17.5 Å². The third kappa shape index (κ3) is 3.65. The maximum atomic E-state index is 13.9. The monoisotopic (exact) mass is 518 g/mol. The van der Waals surface area contributed by atoms with Crippen LogP contribution in [0, 0.1) is 11.8 Å². The van der Waals surface area contributed by atoms with E-state index in [1.165, 1.54) is 11.0 Å². The van der Waals surface area contributed by atoms with Crippen molar-refractivity contribution in [3.05, 3.63) is 81.6 Å². The molecule has 0 aromatic heterocycles. The van der Waals surface area contributed by atoms with Crippen molar-refractivity contribution in [2.24, 2.45) is 17.6 Å². The van der Waals surface area contributed by atoms with E-state index in [2.05, 4.69) is 0 Å². The van der Waals surface area contributed by atoms with Crippen molar-refractivity contribution in [1.29, 1.82) is 0 Å². The van der Waals surface area contributed by atoms with E-state index in [1.807, 2.05) is 30.3 Å². The van der Waals surface area contributed by atoms with Crippen molar-refractivity contribution in [3.8, 4) is 5.75 Å². The Bertz CT molecular complexity index is 1430. The molecule has 38 heavy (non-hydrogen) atoms. The summed E-state index contributed by atoms with van der Waals surface area (Å²) in [6.45, 7) is 0. The van der Waals surface area contributed by atoms with Gasteiger partial charge in [-0.15, -0.1) is 0 Å². The molecule has 0 unspecified atom stereocenters. The Morgan fingerprint density at radius 2 is 1.74 bits per heavy atom. The first-order chi connectivity index (χ1) is 18.0. The fourth-order valence-corrected chi connectivity index (χ4v) is 6.47. The van der Waals surface area contributed by atoms with E-state index in [-0.39, 0.29) is 29.7 Å². The van der Waals surface area contributed by atoms with Crippen LogP contribution in [-0.4, -0.2) is 68.5 Å². The average Bonchev–Trinajstić information content (AvgIpc) is 2.86. The molecule has 2 aromatic carbocycles. The van der Waals surface area contributed by atoms with Crippen molar-refractivity contribution in [2.75, 3.05) is 14.1 Å². The van der Waals surface area contributed by atoms with Gasteiger partial charge in [0.25, 0.3) is 5.91 Å². The standard InChI is InChI=1S/C29H30N2O7/c1-31(2)23-18-13-16-12-17-15(9-8-14-6-4-3-5-7-14)10-11-19(32)21(17)24(33)20(16)26(35)29(18,38)27(36)22(25(23)34)28(30)37/h3-7,10-11,16,18,23,32-33,36,38H,8-9,12-13H2,1-2H3,(H2,30,37)/t16-,18+,23+,29-/m0/s1. The summed E-state index contributed by atoms with van der Waals surface area (Å²) < 4.78 is 0. The number of Topliss-reactive ketones (excluding diaryl/α,β-unsaturated/α-hetero) is 2. The summed E-state index contributed by atoms with van der Waals surface area (Å²) in [6.07, 6.45) is 1.72. The topological polar surface area (TPSA) is 161 Å². The zero-order chi connectivity index (χ0) is 27.5. The van der Waals surface area contributed by atoms with Crippen LogP contribution in [-0.2, 0) is 33.6 Å². The summed E-state index contributed by atoms with van der Waals surface area (Å²) in [6, 6.07) is 12.1. The first-order valence-electron chi connectivity index (χ1n) is 12.5. The number of primary amides is 1. The Morgan fingerprint density at radius 3 is 2.37 bits per heavy atom. The fraction of sp³-hybridized carbons (Fsp3) is 0.345. The molecule has 0 aliphatic heterocycles. The zero-order valence-electron chi connectivity index (χ0n) is 21.1. The van der Waals surface area contributed by atoms with Crippen molar-refractivity contribution in [3.63, 3.8) is 0 Å². The number of carbonyl (C=O) groups excluding carboxylic acids is 3. The number of hydrogen-bond acceptors (Lipinski definition) is 8. The van der Waals surface area contributed by atoms with Gasteiger partial charge in [-0.3, -0.25) is 19.3 Å². The van der Waals surface area contributed by atoms with Crippen LogP contribution in [0.4, 0.5) is 0 Å². The summed E-state index contributed by atoms with van der Waals surface area (Å²) >= 11 is 0. The molecule has 3 aliphatic rings. The van der Waals surface area contributed by atoms with Gasteiger partial charge in [-0.2, -0.15) is 0 Å². The summed E-state index contributed by atoms with van der Waals surface area (Å²) in [4.78, 5) is 40.6. The number of aryl methyl sites for hydroxylation is 2. The van der Waals surface area contributed by atoms with Crippen LogP contribution in [0.1, 0.15) is 28.7 Å². The molecule has 0 radical (unpaired) electrons. The first kappa shape index (κ1) is 25.7. The molecule has 0 spiro atoms. The molecule has 2 aromatic rings. The lowest BCUT2D eigenvalue weighted by Gasteiger charge is -2.50. The number of likely N-dealkylation sites (N-methyl/N-ethyl adjacent to an activating group) is 1. The number of amides is 1. The van der Waals surface area contributed by atoms with E-state index in [1.54, 1.807) is 20.2 Å². The molecular formula is C29H30N2O7. The Balaban J connectivity index is 1.63. The van der Waals surface area contributed by atoms with Crippen molar-refractivity contribution in [1.82, 2.24) is 4.90 Å². The molecule has 9 nitrogen and oxygen atoms in total. The van der Waals surface area contributed by atoms with Crippen LogP contribution < -0.4 is 5.73 Å². The number of nitrogens with two attached hydrogens (primary N) is 1. The van der Waals surface area contributed by atoms with Crippen LogP contribution in [0.15, 0.2) is 59.4 Å². The Kier molecular flexibility index (Phi) is 6.16. The zero-order valence-corrected chi connectivity index (χ0v) is 21.1. The van der Waals surface area contributed by atoms with E-state index in [4.69, 9.17) is 5.73 Å². The molecule has 0 bridgehead atoms. The third-order valence-corrected chi connectivity index (χ3v) is 8.23. The van der Waals surface area contributed by atoms with Gasteiger partial charge in [0.1, 0.15) is 22.8 Å². The largest absolute Gasteiger partial charge is 0.508 e. The van der Waals surface area contributed by atoms with Crippen molar-refractivity contribution < 1.29 is 34.8 Å². The normalized spacial score (nSPS) is 26.8. The number of ketones is 2. The van der Waals surface area contributed by atoms with Gasteiger partial charge in [0, 0.05) is 11.5 Å². The Labute approximate surface area is 219 Å². The van der Waals surface area contributed by atoms with Gasteiger partial charge in [0.05, 0.1) is 11.6 Å². The van der Waals surface area contributed by atoms with Gasteiger partial charge in [-0.25, -0.2) is 0 Å². The highest BCUT2D eigenvalue weighted by molar-refractivity contribution is 6.24. The second-order valence-electron chi connectivity index (χ2n) is 10.5. The number of hydrogen-bond donors (Lipinski definition) is 5. The molecule has 0 saturated heterocycles. The lowest BCUT2D eigenvalue weighted by molar-refractivity contribution is -0.153. The van der Waals surface area contributed by atoms with Crippen LogP contribution in [0.2, 0.25) is 0 Å². The van der Waals surface area contributed by atoms with Crippen molar-refractivity contribution in [2.45, 2.75) is 37.3 Å². The summed E-state index contributed by atoms with van der Waals surface area (Å²) in [5.41, 5.74) is 4.61. The number of phenolic OH excluding ortho intramolecular Hbond substituents is 1. The van der Waals surface area contributed by atoms with Crippen molar-refractivity contribution >= 4 is 23.2 Å². The number of aliphatic hydroxyl groups excluding tert-OH is 2. The number of benzene rings is 2. The van der Waals surface area contributed by atoms with Gasteiger partial charge < -0.3 is 26.2 Å². The van der Waals surface area contributed by atoms with E-state index >= 15 is 0 Å². The molecule has 1 saturated carbocycles. The maximum Gasteiger partial charge on any atom is 0.255 e. The highest BCUT2D eigenvalue weighted by atomic mass is 16.3. The van der Waals surface area contributed by atoms with E-state index < -0.39 is 58.0 Å². The maximum absolute atomic E-state index is 13.9. The van der Waals surface area contributed by atoms with Crippen LogP contribution in [0.25, 0.3) is 5.76 Å². The van der Waals surface area contributed by atoms with Gasteiger partial charge in [-0.1, -0.05) is 36.4 Å². The lowest BCUT2D eigenvalue weighted by Crippen LogP contribution is -2.65. The lowest BCUT2D eigenvalue weighted by atomic mass is 9.57. The molecule has 4 atom stereocenters. The summed E-state index contributed by atoms with van der Waals surface area (Å²) in [7, 11) is 3.15. The minimum Gasteiger partial charge on any atom is -0.508 e. The van der Waals surface area contributed by atoms with Crippen LogP contribution >= 0.6 is 0 Å². The molecular weight excluding hydrogens is 488 g/mol. The fourth-order valence-electron chi connectivity index (χ4n) is 6.47. The van der Waals surface area contributed by atoms with Crippen LogP contribution in [0.3, 0.4) is 0 Å². The van der Waals surface area contributed by atoms with E-state index in [0.29, 0.717) is 12.0 Å². The Hall–Kier alpha value is -3.95. The molecule has 5 rings (SSSR count). The van der Waals surface area contributed by atoms with Crippen LogP contribution in [0.5, 0.6) is 5.75 Å². The molecule has 1 amide bonds. The van der Waals surface area contributed by atoms with Gasteiger partial charge in [0.15, 0.2) is 11.4 Å². The predicted octanol–water partition coefficient (Wildman–Crippen LogP) is 1.75.